The summed E-state index contributed by atoms with van der Waals surface area (Å²) in [5.41, 5.74) is 13.4. The molecule has 0 spiro atoms. The SMILES string of the molecule is c1ccc2c(c1)oc1c(-n3c4ccccc4c4cc(-c5ccc6c7ccccc7n(-c7ccc(C89CC%10CC(C8)C(C%10)C9)cc7)c6c5)ccc43)cccc12. The molecular formula is C51H38N2O. The first-order valence-electron chi connectivity index (χ1n) is 19.8. The number of para-hydroxylation sites is 4. The maximum absolute atomic E-state index is 6.54. The van der Waals surface area contributed by atoms with Gasteiger partial charge in [0.05, 0.1) is 27.8 Å². The zero-order valence-electron chi connectivity index (χ0n) is 30.0. The van der Waals surface area contributed by atoms with Gasteiger partial charge in [-0.3, -0.25) is 0 Å². The van der Waals surface area contributed by atoms with E-state index in [0.717, 1.165) is 45.4 Å². The molecule has 0 radical (unpaired) electrons. The molecule has 4 aliphatic carbocycles. The number of nitrogens with zero attached hydrogens (tertiary/aromatic N) is 2. The Morgan fingerprint density at radius 2 is 1.09 bits per heavy atom. The highest BCUT2D eigenvalue weighted by molar-refractivity contribution is 6.14. The molecule has 4 aliphatic rings. The van der Waals surface area contributed by atoms with Crippen molar-refractivity contribution in [2.45, 2.75) is 37.5 Å². The van der Waals surface area contributed by atoms with E-state index in [1.165, 1.54) is 92.5 Å². The van der Waals surface area contributed by atoms with Crippen molar-refractivity contribution >= 4 is 65.6 Å². The number of benzene rings is 7. The highest BCUT2D eigenvalue weighted by Crippen LogP contribution is 2.64. The highest BCUT2D eigenvalue weighted by Gasteiger charge is 2.56. The van der Waals surface area contributed by atoms with Gasteiger partial charge in [0.2, 0.25) is 0 Å². The van der Waals surface area contributed by atoms with Crippen LogP contribution in [0.5, 0.6) is 0 Å². The second kappa shape index (κ2) is 10.5. The average molecular weight is 695 g/mol. The molecule has 2 unspecified atom stereocenters. The van der Waals surface area contributed by atoms with E-state index >= 15 is 0 Å². The molecule has 0 amide bonds. The topological polar surface area (TPSA) is 23.0 Å². The summed E-state index contributed by atoms with van der Waals surface area (Å²) in [5, 5.41) is 7.35. The monoisotopic (exact) mass is 694 g/mol. The van der Waals surface area contributed by atoms with Crippen molar-refractivity contribution in [2.24, 2.45) is 17.8 Å². The molecule has 3 heterocycles. The van der Waals surface area contributed by atoms with Crippen LogP contribution in [-0.2, 0) is 5.41 Å². The van der Waals surface area contributed by atoms with Gasteiger partial charge in [0.1, 0.15) is 5.58 Å². The number of aromatic nitrogens is 2. The minimum atomic E-state index is 0.420. The van der Waals surface area contributed by atoms with Gasteiger partial charge in [0, 0.05) is 38.0 Å². The molecule has 3 heteroatoms. The molecule has 3 nitrogen and oxygen atoms in total. The van der Waals surface area contributed by atoms with Crippen molar-refractivity contribution in [1.29, 1.82) is 0 Å². The summed E-state index contributed by atoms with van der Waals surface area (Å²) in [6.07, 6.45) is 7.19. The lowest BCUT2D eigenvalue weighted by atomic mass is 9.66. The summed E-state index contributed by atoms with van der Waals surface area (Å²) in [7, 11) is 0. The molecule has 4 fully saturated rings. The predicted octanol–water partition coefficient (Wildman–Crippen LogP) is 13.5. The Bertz CT molecular complexity index is 3150. The Hall–Kier alpha value is -6.06. The van der Waals surface area contributed by atoms with Gasteiger partial charge in [0.15, 0.2) is 5.58 Å². The third-order valence-corrected chi connectivity index (χ3v) is 14.0. The molecule has 2 atom stereocenters. The minimum Gasteiger partial charge on any atom is -0.454 e. The van der Waals surface area contributed by atoms with E-state index in [1.54, 1.807) is 5.56 Å². The van der Waals surface area contributed by atoms with Gasteiger partial charge >= 0.3 is 0 Å². The van der Waals surface area contributed by atoms with Crippen LogP contribution in [0.1, 0.15) is 37.7 Å². The van der Waals surface area contributed by atoms with Crippen LogP contribution in [0, 0.1) is 17.8 Å². The molecule has 7 aromatic carbocycles. The maximum atomic E-state index is 6.54. The molecule has 0 aliphatic heterocycles. The zero-order chi connectivity index (χ0) is 35.1. The first-order chi connectivity index (χ1) is 26.7. The minimum absolute atomic E-state index is 0.420. The summed E-state index contributed by atoms with van der Waals surface area (Å²) in [6.45, 7) is 0. The van der Waals surface area contributed by atoms with Crippen LogP contribution >= 0.6 is 0 Å². The first-order valence-corrected chi connectivity index (χ1v) is 19.8. The maximum Gasteiger partial charge on any atom is 0.159 e. The number of hydrogen-bond acceptors (Lipinski definition) is 1. The van der Waals surface area contributed by atoms with E-state index in [0.29, 0.717) is 5.41 Å². The van der Waals surface area contributed by atoms with Crippen LogP contribution in [0.3, 0.4) is 0 Å². The fourth-order valence-corrected chi connectivity index (χ4v) is 11.9. The smallest absolute Gasteiger partial charge is 0.159 e. The van der Waals surface area contributed by atoms with Crippen LogP contribution in [0.2, 0.25) is 0 Å². The summed E-state index contributed by atoms with van der Waals surface area (Å²) in [4.78, 5) is 0. The van der Waals surface area contributed by atoms with Crippen LogP contribution in [0.15, 0.2) is 156 Å². The molecule has 0 saturated heterocycles. The van der Waals surface area contributed by atoms with Crippen molar-refractivity contribution in [1.82, 2.24) is 9.13 Å². The molecular weight excluding hydrogens is 657 g/mol. The van der Waals surface area contributed by atoms with Gasteiger partial charge in [-0.25, -0.2) is 0 Å². The van der Waals surface area contributed by atoms with E-state index in [1.807, 2.05) is 6.07 Å². The Kier molecular flexibility index (Phi) is 5.74. The summed E-state index contributed by atoms with van der Waals surface area (Å²) in [6, 6.07) is 56.3. The summed E-state index contributed by atoms with van der Waals surface area (Å²) >= 11 is 0. The standard InChI is InChI=1S/C51H38N2O/c1-4-12-44-38(8-1)40-22-16-33(27-48(40)52(44)37-20-18-36(19-21-37)51-28-31-24-34(29-51)35(25-31)30-51)32-17-23-46-43(26-32)39-9-2-5-13-45(39)53(46)47-14-7-11-42-41-10-3-6-15-49(41)54-50(42)47/h1-23,26-27,31,34-35H,24-25,28-30H2. The van der Waals surface area contributed by atoms with Gasteiger partial charge < -0.3 is 13.6 Å². The van der Waals surface area contributed by atoms with E-state index < -0.39 is 0 Å². The molecule has 0 N–H and O–H groups in total. The number of furan rings is 1. The van der Waals surface area contributed by atoms with Gasteiger partial charge in [-0.15, -0.1) is 0 Å². The van der Waals surface area contributed by atoms with Crippen LogP contribution in [0.25, 0.3) is 88.1 Å². The fourth-order valence-electron chi connectivity index (χ4n) is 11.9. The van der Waals surface area contributed by atoms with Crippen molar-refractivity contribution in [2.75, 3.05) is 0 Å². The third kappa shape index (κ3) is 3.92. The van der Waals surface area contributed by atoms with Gasteiger partial charge in [-0.2, -0.15) is 0 Å². The fraction of sp³-hybridized carbons (Fsp3) is 0.176. The first kappa shape index (κ1) is 29.4. The van der Waals surface area contributed by atoms with Crippen LogP contribution < -0.4 is 0 Å². The summed E-state index contributed by atoms with van der Waals surface area (Å²) in [5.74, 6) is 2.90. The van der Waals surface area contributed by atoms with Crippen molar-refractivity contribution in [3.8, 4) is 22.5 Å². The Balaban J connectivity index is 0.963. The second-order valence-corrected chi connectivity index (χ2v) is 16.7. The third-order valence-electron chi connectivity index (χ3n) is 14.0. The number of fused-ring (bicyclic) bond motifs is 9. The van der Waals surface area contributed by atoms with Gasteiger partial charge in [-0.05, 0) is 127 Å². The van der Waals surface area contributed by atoms with Crippen LogP contribution in [-0.4, -0.2) is 9.13 Å². The van der Waals surface area contributed by atoms with Gasteiger partial charge in [0.25, 0.3) is 0 Å². The molecule has 4 bridgehead atoms. The van der Waals surface area contributed by atoms with E-state index in [-0.39, 0.29) is 0 Å². The van der Waals surface area contributed by atoms with Crippen molar-refractivity contribution < 1.29 is 4.42 Å². The van der Waals surface area contributed by atoms with Crippen molar-refractivity contribution in [3.05, 3.63) is 157 Å². The highest BCUT2D eigenvalue weighted by atomic mass is 16.3. The lowest BCUT2D eigenvalue weighted by molar-refractivity contribution is 0.229. The quantitative estimate of drug-likeness (QED) is 0.180. The average Bonchev–Trinajstić information content (AvgIpc) is 3.99. The molecule has 258 valence electrons. The Morgan fingerprint density at radius 3 is 1.89 bits per heavy atom. The van der Waals surface area contributed by atoms with Crippen LogP contribution in [0.4, 0.5) is 0 Å². The molecule has 3 aromatic heterocycles. The molecule has 10 aromatic rings. The molecule has 4 saturated carbocycles. The van der Waals surface area contributed by atoms with E-state index in [9.17, 15) is 0 Å². The van der Waals surface area contributed by atoms with E-state index in [2.05, 4.69) is 155 Å². The largest absolute Gasteiger partial charge is 0.454 e. The Morgan fingerprint density at radius 1 is 0.463 bits per heavy atom. The predicted molar refractivity (Wildman–Crippen MR) is 223 cm³/mol. The number of hydrogen-bond donors (Lipinski definition) is 0. The van der Waals surface area contributed by atoms with Crippen molar-refractivity contribution in [3.63, 3.8) is 0 Å². The lowest BCUT2D eigenvalue weighted by Gasteiger charge is -2.39. The Labute approximate surface area is 313 Å². The normalized spacial score (nSPS) is 22.0. The lowest BCUT2D eigenvalue weighted by Crippen LogP contribution is -2.31. The second-order valence-electron chi connectivity index (χ2n) is 16.7. The summed E-state index contributed by atoms with van der Waals surface area (Å²) < 4.78 is 11.4. The van der Waals surface area contributed by atoms with Gasteiger partial charge in [-0.1, -0.05) is 97.1 Å². The number of rotatable bonds is 4. The molecule has 54 heavy (non-hydrogen) atoms. The van der Waals surface area contributed by atoms with E-state index in [4.69, 9.17) is 4.42 Å². The zero-order valence-corrected chi connectivity index (χ0v) is 30.0. The molecule has 14 rings (SSSR count).